The highest BCUT2D eigenvalue weighted by atomic mass is 35.5. The zero-order valence-electron chi connectivity index (χ0n) is 12.9. The predicted octanol–water partition coefficient (Wildman–Crippen LogP) is 2.11. The summed E-state index contributed by atoms with van der Waals surface area (Å²) in [7, 11) is 0. The number of carbonyl (C=O) groups excluding carboxylic acids is 1. The smallest absolute Gasteiger partial charge is 0.350 e. The van der Waals surface area contributed by atoms with E-state index in [9.17, 15) is 9.59 Å². The summed E-state index contributed by atoms with van der Waals surface area (Å²) < 4.78 is 11.4. The third-order valence-electron chi connectivity index (χ3n) is 2.92. The number of nitrogens with zero attached hydrogens (tertiary/aromatic N) is 3. The summed E-state index contributed by atoms with van der Waals surface area (Å²) in [6.07, 6.45) is 0. The van der Waals surface area contributed by atoms with Gasteiger partial charge in [-0.15, -0.1) is 5.10 Å². The fourth-order valence-electron chi connectivity index (χ4n) is 1.80. The van der Waals surface area contributed by atoms with Crippen molar-refractivity contribution >= 4 is 17.6 Å². The van der Waals surface area contributed by atoms with Gasteiger partial charge in [0.05, 0.1) is 5.02 Å². The molecule has 1 heterocycles. The van der Waals surface area contributed by atoms with Gasteiger partial charge in [0, 0.05) is 12.1 Å². The zero-order valence-corrected chi connectivity index (χ0v) is 13.6. The molecule has 8 heteroatoms. The number of hydrogen-bond acceptors (Lipinski definition) is 5. The van der Waals surface area contributed by atoms with Crippen LogP contribution in [0.2, 0.25) is 5.02 Å². The topological polar surface area (TPSA) is 74.8 Å². The second-order valence-electron chi connectivity index (χ2n) is 4.81. The average molecular weight is 348 g/mol. The maximum atomic E-state index is 11.8. The SMILES string of the molecule is [C-]#[N+]CCn1nc(OC(=O)COc2ccc(C)cc2Cl)ccc1=O. The number of carbonyl (C=O) groups is 1. The average Bonchev–Trinajstić information content (AvgIpc) is 2.54. The van der Waals surface area contributed by atoms with Crippen molar-refractivity contribution in [1.29, 1.82) is 0 Å². The second kappa shape index (κ2) is 8.13. The van der Waals surface area contributed by atoms with Gasteiger partial charge in [0.1, 0.15) is 12.3 Å². The van der Waals surface area contributed by atoms with Crippen molar-refractivity contribution in [3.8, 4) is 11.6 Å². The minimum absolute atomic E-state index is 0.0387. The van der Waals surface area contributed by atoms with Crippen LogP contribution in [-0.2, 0) is 11.3 Å². The maximum absolute atomic E-state index is 11.8. The molecule has 0 aliphatic rings. The van der Waals surface area contributed by atoms with Gasteiger partial charge in [0.15, 0.2) is 6.61 Å². The molecule has 0 aliphatic carbocycles. The van der Waals surface area contributed by atoms with Gasteiger partial charge in [-0.25, -0.2) is 16.0 Å². The Morgan fingerprint density at radius 2 is 2.17 bits per heavy atom. The van der Waals surface area contributed by atoms with Gasteiger partial charge in [0.2, 0.25) is 12.4 Å². The normalized spacial score (nSPS) is 10.0. The molecule has 2 aromatic rings. The van der Waals surface area contributed by atoms with Crippen molar-refractivity contribution in [3.63, 3.8) is 0 Å². The molecule has 0 atom stereocenters. The predicted molar refractivity (Wildman–Crippen MR) is 87.3 cm³/mol. The van der Waals surface area contributed by atoms with E-state index in [1.54, 1.807) is 18.2 Å². The molecule has 2 rings (SSSR count). The van der Waals surface area contributed by atoms with E-state index in [2.05, 4.69) is 9.94 Å². The Morgan fingerprint density at radius 3 is 2.88 bits per heavy atom. The quantitative estimate of drug-likeness (QED) is 0.591. The fourth-order valence-corrected chi connectivity index (χ4v) is 2.08. The van der Waals surface area contributed by atoms with E-state index in [4.69, 9.17) is 27.6 Å². The van der Waals surface area contributed by atoms with Crippen LogP contribution in [0.3, 0.4) is 0 Å². The van der Waals surface area contributed by atoms with Crippen molar-refractivity contribution in [3.05, 3.63) is 62.7 Å². The van der Waals surface area contributed by atoms with Crippen LogP contribution in [0.1, 0.15) is 5.56 Å². The van der Waals surface area contributed by atoms with Gasteiger partial charge >= 0.3 is 5.97 Å². The molecule has 0 unspecified atom stereocenters. The van der Waals surface area contributed by atoms with E-state index in [-0.39, 0.29) is 31.1 Å². The van der Waals surface area contributed by atoms with Gasteiger partial charge < -0.3 is 14.3 Å². The summed E-state index contributed by atoms with van der Waals surface area (Å²) in [6, 6.07) is 7.69. The van der Waals surface area contributed by atoms with E-state index in [1.165, 1.54) is 12.1 Å². The van der Waals surface area contributed by atoms with Crippen LogP contribution >= 0.6 is 11.6 Å². The van der Waals surface area contributed by atoms with Crippen molar-refractivity contribution < 1.29 is 14.3 Å². The number of rotatable bonds is 6. The molecular weight excluding hydrogens is 334 g/mol. The van der Waals surface area contributed by atoms with Crippen LogP contribution in [0, 0.1) is 13.5 Å². The molecule has 1 aromatic heterocycles. The van der Waals surface area contributed by atoms with E-state index in [0.717, 1.165) is 10.2 Å². The van der Waals surface area contributed by atoms with E-state index in [0.29, 0.717) is 10.8 Å². The first-order chi connectivity index (χ1) is 11.5. The molecule has 0 radical (unpaired) electrons. The van der Waals surface area contributed by atoms with Crippen LogP contribution in [0.5, 0.6) is 11.6 Å². The summed E-state index contributed by atoms with van der Waals surface area (Å²) >= 11 is 6.01. The molecule has 0 aliphatic heterocycles. The number of ether oxygens (including phenoxy) is 2. The third kappa shape index (κ3) is 4.83. The molecular formula is C16H14ClN3O4. The molecule has 0 fully saturated rings. The Hall–Kier alpha value is -2.85. The fraction of sp³-hybridized carbons (Fsp3) is 0.250. The molecule has 0 spiro atoms. The number of esters is 1. The first kappa shape index (κ1) is 17.5. The van der Waals surface area contributed by atoms with Crippen LogP contribution < -0.4 is 15.0 Å². The van der Waals surface area contributed by atoms with Gasteiger partial charge in [-0.3, -0.25) is 4.79 Å². The molecule has 0 bridgehead atoms. The summed E-state index contributed by atoms with van der Waals surface area (Å²) in [5, 5.41) is 4.27. The number of hydrogen-bond donors (Lipinski definition) is 0. The number of halogens is 1. The van der Waals surface area contributed by atoms with E-state index in [1.807, 2.05) is 6.92 Å². The Bertz CT molecular complexity index is 842. The molecule has 1 aromatic carbocycles. The standard InChI is InChI=1S/C16H14ClN3O4/c1-11-3-4-13(12(17)9-11)23-10-16(22)24-14-5-6-15(21)20(19-14)8-7-18-2/h3-6,9H,7-8,10H2,1H3. The third-order valence-corrected chi connectivity index (χ3v) is 3.21. The lowest BCUT2D eigenvalue weighted by Crippen LogP contribution is -2.25. The molecule has 0 N–H and O–H groups in total. The highest BCUT2D eigenvalue weighted by Gasteiger charge is 2.11. The Kier molecular flexibility index (Phi) is 5.93. The molecule has 0 saturated carbocycles. The zero-order chi connectivity index (χ0) is 17.5. The first-order valence-electron chi connectivity index (χ1n) is 7.00. The van der Waals surface area contributed by atoms with Crippen LogP contribution in [-0.4, -0.2) is 28.9 Å². The Labute approximate surface area is 143 Å². The lowest BCUT2D eigenvalue weighted by molar-refractivity contribution is -0.137. The maximum Gasteiger partial charge on any atom is 0.350 e. The lowest BCUT2D eigenvalue weighted by Gasteiger charge is -2.08. The molecule has 0 amide bonds. The van der Waals surface area contributed by atoms with Gasteiger partial charge in [0.25, 0.3) is 5.56 Å². The molecule has 24 heavy (non-hydrogen) atoms. The summed E-state index contributed by atoms with van der Waals surface area (Å²) in [4.78, 5) is 26.5. The van der Waals surface area contributed by atoms with Gasteiger partial charge in [-0.2, -0.15) is 0 Å². The van der Waals surface area contributed by atoms with Crippen molar-refractivity contribution in [2.45, 2.75) is 13.5 Å². The minimum Gasteiger partial charge on any atom is -0.480 e. The Morgan fingerprint density at radius 1 is 1.38 bits per heavy atom. The summed E-state index contributed by atoms with van der Waals surface area (Å²) in [6.45, 7) is 8.50. The van der Waals surface area contributed by atoms with E-state index >= 15 is 0 Å². The number of aromatic nitrogens is 2. The second-order valence-corrected chi connectivity index (χ2v) is 5.22. The first-order valence-corrected chi connectivity index (χ1v) is 7.38. The largest absolute Gasteiger partial charge is 0.480 e. The molecule has 7 nitrogen and oxygen atoms in total. The van der Waals surface area contributed by atoms with Gasteiger partial charge in [-0.1, -0.05) is 17.7 Å². The van der Waals surface area contributed by atoms with Gasteiger partial charge in [-0.05, 0) is 24.6 Å². The summed E-state index contributed by atoms with van der Waals surface area (Å²) in [5.41, 5.74) is 0.599. The van der Waals surface area contributed by atoms with Crippen LogP contribution in [0.4, 0.5) is 0 Å². The van der Waals surface area contributed by atoms with Crippen molar-refractivity contribution in [2.24, 2.45) is 0 Å². The van der Waals surface area contributed by atoms with Crippen molar-refractivity contribution in [1.82, 2.24) is 9.78 Å². The Balaban J connectivity index is 1.97. The monoisotopic (exact) mass is 347 g/mol. The lowest BCUT2D eigenvalue weighted by atomic mass is 10.2. The van der Waals surface area contributed by atoms with Crippen molar-refractivity contribution in [2.75, 3.05) is 13.2 Å². The minimum atomic E-state index is -0.686. The molecule has 0 saturated heterocycles. The van der Waals surface area contributed by atoms with Crippen LogP contribution in [0.15, 0.2) is 35.1 Å². The van der Waals surface area contributed by atoms with E-state index < -0.39 is 5.97 Å². The summed E-state index contributed by atoms with van der Waals surface area (Å²) in [5.74, 6) is -0.355. The van der Waals surface area contributed by atoms with Crippen LogP contribution in [0.25, 0.3) is 4.85 Å². The molecule has 124 valence electrons. The highest BCUT2D eigenvalue weighted by molar-refractivity contribution is 6.32. The number of aryl methyl sites for hydroxylation is 1. The highest BCUT2D eigenvalue weighted by Crippen LogP contribution is 2.25. The number of benzene rings is 1.